The zero-order chi connectivity index (χ0) is 22.4. The van der Waals surface area contributed by atoms with Gasteiger partial charge in [0.25, 0.3) is 5.91 Å². The summed E-state index contributed by atoms with van der Waals surface area (Å²) in [5.74, 6) is -0.435. The van der Waals surface area contributed by atoms with Crippen LogP contribution in [0.5, 0.6) is 0 Å². The summed E-state index contributed by atoms with van der Waals surface area (Å²) in [4.78, 5) is 14.8. The van der Waals surface area contributed by atoms with Gasteiger partial charge in [0, 0.05) is 31.6 Å². The number of alkyl halides is 3. The first-order chi connectivity index (χ1) is 14.6. The van der Waals surface area contributed by atoms with Gasteiger partial charge in [-0.1, -0.05) is 18.2 Å². The second-order valence-corrected chi connectivity index (χ2v) is 10.3. The lowest BCUT2D eigenvalue weighted by atomic mass is 10.2. The molecule has 2 aromatic heterocycles. The number of nitrogens with zero attached hydrogens (tertiary/aromatic N) is 4. The van der Waals surface area contributed by atoms with E-state index >= 15 is 0 Å². The standard InChI is InChI=1S/C19H19F3N4O3S2/c1-2-31(28,29)25-10-8-24(9-11-25)17(27)15-12-14-16(19(20,21)22)23-26(18(14)30-15)13-6-4-3-5-7-13/h3-7,12H,2,8-11H2,1H3. The summed E-state index contributed by atoms with van der Waals surface area (Å²) in [7, 11) is -3.34. The average Bonchev–Trinajstić information content (AvgIpc) is 3.33. The molecule has 0 spiro atoms. The molecule has 4 rings (SSSR count). The number of thiophene rings is 1. The van der Waals surface area contributed by atoms with Gasteiger partial charge in [-0.2, -0.15) is 22.6 Å². The van der Waals surface area contributed by atoms with Crippen LogP contribution in [0.25, 0.3) is 15.9 Å². The fraction of sp³-hybridized carbons (Fsp3) is 0.368. The molecule has 12 heteroatoms. The molecule has 0 radical (unpaired) electrons. The number of amides is 1. The molecule has 0 unspecified atom stereocenters. The van der Waals surface area contributed by atoms with Crippen molar-refractivity contribution < 1.29 is 26.4 Å². The zero-order valence-corrected chi connectivity index (χ0v) is 18.1. The highest BCUT2D eigenvalue weighted by atomic mass is 32.2. The minimum absolute atomic E-state index is 0.0204. The molecule has 1 amide bonds. The molecule has 166 valence electrons. The molecule has 1 aliphatic heterocycles. The number of hydrogen-bond acceptors (Lipinski definition) is 5. The van der Waals surface area contributed by atoms with E-state index in [1.165, 1.54) is 20.0 Å². The van der Waals surface area contributed by atoms with Gasteiger partial charge >= 0.3 is 6.18 Å². The third-order valence-electron chi connectivity index (χ3n) is 5.12. The van der Waals surface area contributed by atoms with Crippen LogP contribution in [0.3, 0.4) is 0 Å². The maximum absolute atomic E-state index is 13.6. The second-order valence-electron chi connectivity index (χ2n) is 7.02. The molecule has 3 heterocycles. The molecule has 1 aliphatic rings. The Morgan fingerprint density at radius 2 is 1.77 bits per heavy atom. The lowest BCUT2D eigenvalue weighted by Crippen LogP contribution is -2.50. The minimum atomic E-state index is -4.67. The smallest absolute Gasteiger partial charge is 0.335 e. The van der Waals surface area contributed by atoms with E-state index in [0.717, 1.165) is 11.3 Å². The van der Waals surface area contributed by atoms with Gasteiger partial charge in [0.15, 0.2) is 5.69 Å². The molecule has 31 heavy (non-hydrogen) atoms. The van der Waals surface area contributed by atoms with Crippen molar-refractivity contribution in [2.24, 2.45) is 0 Å². The number of sulfonamides is 1. The third-order valence-corrected chi connectivity index (χ3v) is 8.10. The zero-order valence-electron chi connectivity index (χ0n) is 16.5. The highest BCUT2D eigenvalue weighted by molar-refractivity contribution is 7.89. The molecule has 0 saturated carbocycles. The normalized spacial score (nSPS) is 16.2. The summed E-state index contributed by atoms with van der Waals surface area (Å²) in [6, 6.07) is 9.64. The first-order valence-corrected chi connectivity index (χ1v) is 12.0. The van der Waals surface area contributed by atoms with Crippen molar-refractivity contribution in [1.29, 1.82) is 0 Å². The van der Waals surface area contributed by atoms with E-state index in [2.05, 4.69) is 5.10 Å². The van der Waals surface area contributed by atoms with Crippen LogP contribution in [0.1, 0.15) is 22.3 Å². The van der Waals surface area contributed by atoms with Gasteiger partial charge in [0.1, 0.15) is 4.83 Å². The molecular formula is C19H19F3N4O3S2. The van der Waals surface area contributed by atoms with Gasteiger partial charge in [0.05, 0.1) is 16.3 Å². The van der Waals surface area contributed by atoms with Gasteiger partial charge in [0.2, 0.25) is 10.0 Å². The predicted molar refractivity (Wildman–Crippen MR) is 111 cm³/mol. The van der Waals surface area contributed by atoms with Gasteiger partial charge in [-0.05, 0) is 25.1 Å². The second kappa shape index (κ2) is 7.92. The van der Waals surface area contributed by atoms with E-state index in [1.54, 1.807) is 37.3 Å². The number of benzene rings is 1. The summed E-state index contributed by atoms with van der Waals surface area (Å²) in [5.41, 5.74) is -0.581. The van der Waals surface area contributed by atoms with Gasteiger partial charge < -0.3 is 4.90 Å². The number of fused-ring (bicyclic) bond motifs is 1. The van der Waals surface area contributed by atoms with Crippen molar-refractivity contribution >= 4 is 37.5 Å². The van der Waals surface area contributed by atoms with Crippen LogP contribution < -0.4 is 0 Å². The summed E-state index contributed by atoms with van der Waals surface area (Å²) >= 11 is 0.946. The molecule has 0 bridgehead atoms. The molecule has 1 fully saturated rings. The highest BCUT2D eigenvalue weighted by Crippen LogP contribution is 2.39. The van der Waals surface area contributed by atoms with Crippen LogP contribution in [0, 0.1) is 0 Å². The first-order valence-electron chi connectivity index (χ1n) is 9.54. The number of hydrogen-bond donors (Lipinski definition) is 0. The van der Waals surface area contributed by atoms with Crippen molar-refractivity contribution in [3.05, 3.63) is 47.0 Å². The minimum Gasteiger partial charge on any atom is -0.335 e. The number of piperazine rings is 1. The van der Waals surface area contributed by atoms with Crippen molar-refractivity contribution in [3.63, 3.8) is 0 Å². The Hall–Kier alpha value is -2.44. The summed E-state index contributed by atoms with van der Waals surface area (Å²) in [6.07, 6.45) is -4.67. The van der Waals surface area contributed by atoms with E-state index in [0.29, 0.717) is 5.69 Å². The van der Waals surface area contributed by atoms with E-state index in [4.69, 9.17) is 0 Å². The monoisotopic (exact) mass is 472 g/mol. The maximum Gasteiger partial charge on any atom is 0.435 e. The molecule has 0 N–H and O–H groups in total. The van der Waals surface area contributed by atoms with Crippen LogP contribution in [0.2, 0.25) is 0 Å². The molecular weight excluding hydrogens is 453 g/mol. The first kappa shape index (κ1) is 21.8. The number of aromatic nitrogens is 2. The summed E-state index contributed by atoms with van der Waals surface area (Å²) in [6.45, 7) is 2.25. The Morgan fingerprint density at radius 1 is 1.13 bits per heavy atom. The predicted octanol–water partition coefficient (Wildman–Crippen LogP) is 3.21. The Labute approximate surface area is 180 Å². The summed E-state index contributed by atoms with van der Waals surface area (Å²) < 4.78 is 67.2. The Kier molecular flexibility index (Phi) is 5.56. The van der Waals surface area contributed by atoms with Crippen molar-refractivity contribution in [2.75, 3.05) is 31.9 Å². The molecule has 1 aromatic carbocycles. The molecule has 0 aliphatic carbocycles. The van der Waals surface area contributed by atoms with Crippen molar-refractivity contribution in [3.8, 4) is 5.69 Å². The van der Waals surface area contributed by atoms with E-state index in [9.17, 15) is 26.4 Å². The quantitative estimate of drug-likeness (QED) is 0.585. The molecule has 0 atom stereocenters. The largest absolute Gasteiger partial charge is 0.435 e. The lowest BCUT2D eigenvalue weighted by molar-refractivity contribution is -0.140. The summed E-state index contributed by atoms with van der Waals surface area (Å²) in [5, 5.41) is 3.63. The van der Waals surface area contributed by atoms with E-state index in [-0.39, 0.29) is 47.0 Å². The Balaban J connectivity index is 1.66. The van der Waals surface area contributed by atoms with Crippen LogP contribution >= 0.6 is 11.3 Å². The van der Waals surface area contributed by atoms with Crippen LogP contribution in [0.15, 0.2) is 36.4 Å². The van der Waals surface area contributed by atoms with Crippen LogP contribution in [0.4, 0.5) is 13.2 Å². The fourth-order valence-corrected chi connectivity index (χ4v) is 5.66. The van der Waals surface area contributed by atoms with Gasteiger partial charge in [-0.3, -0.25) is 4.79 Å². The number of halogens is 3. The van der Waals surface area contributed by atoms with E-state index in [1.807, 2.05) is 0 Å². The van der Waals surface area contributed by atoms with Gasteiger partial charge in [-0.25, -0.2) is 13.1 Å². The third kappa shape index (κ3) is 4.06. The number of para-hydroxylation sites is 1. The van der Waals surface area contributed by atoms with Gasteiger partial charge in [-0.15, -0.1) is 11.3 Å². The Morgan fingerprint density at radius 3 is 2.35 bits per heavy atom. The molecule has 1 saturated heterocycles. The highest BCUT2D eigenvalue weighted by Gasteiger charge is 2.38. The fourth-order valence-electron chi connectivity index (χ4n) is 3.47. The maximum atomic E-state index is 13.6. The number of carbonyl (C=O) groups is 1. The molecule has 7 nitrogen and oxygen atoms in total. The Bertz CT molecular complexity index is 1210. The lowest BCUT2D eigenvalue weighted by Gasteiger charge is -2.33. The average molecular weight is 473 g/mol. The number of rotatable bonds is 4. The van der Waals surface area contributed by atoms with Crippen LogP contribution in [-0.2, 0) is 16.2 Å². The van der Waals surface area contributed by atoms with E-state index < -0.39 is 27.8 Å². The SMILES string of the molecule is CCS(=O)(=O)N1CCN(C(=O)c2cc3c(C(F)(F)F)nn(-c4ccccc4)c3s2)CC1. The van der Waals surface area contributed by atoms with Crippen molar-refractivity contribution in [2.45, 2.75) is 13.1 Å². The number of carbonyl (C=O) groups excluding carboxylic acids is 1. The topological polar surface area (TPSA) is 75.5 Å². The molecule has 3 aromatic rings. The van der Waals surface area contributed by atoms with Crippen LogP contribution in [-0.4, -0.2) is 65.2 Å². The van der Waals surface area contributed by atoms with Crippen molar-refractivity contribution in [1.82, 2.24) is 19.0 Å².